The number of likely N-dealkylation sites (N-methyl/N-ethyl adjacent to an activating group) is 1. The minimum atomic E-state index is -4.04. The summed E-state index contributed by atoms with van der Waals surface area (Å²) in [6.45, 7) is 6.64. The van der Waals surface area contributed by atoms with Crippen molar-refractivity contribution in [3.05, 3.63) is 42.0 Å². The van der Waals surface area contributed by atoms with Crippen LogP contribution in [0.15, 0.2) is 41.3 Å². The molecule has 0 radical (unpaired) electrons. The molecule has 10 heteroatoms. The lowest BCUT2D eigenvalue weighted by Gasteiger charge is -2.28. The second-order valence-electron chi connectivity index (χ2n) is 8.76. The summed E-state index contributed by atoms with van der Waals surface area (Å²) < 4.78 is 40.4. The molecular weight excluding hydrogens is 482 g/mol. The molecule has 9 nitrogen and oxygen atoms in total. The van der Waals surface area contributed by atoms with Crippen molar-refractivity contribution in [1.29, 1.82) is 0 Å². The average molecular weight is 522 g/mol. The topological polar surface area (TPSA) is 108 Å². The van der Waals surface area contributed by atoms with Crippen LogP contribution in [0, 0.1) is 0 Å². The summed E-state index contributed by atoms with van der Waals surface area (Å²) >= 11 is 0. The van der Waals surface area contributed by atoms with Crippen LogP contribution in [0.4, 0.5) is 5.69 Å². The molecule has 2 aromatic carbocycles. The highest BCUT2D eigenvalue weighted by Crippen LogP contribution is 2.40. The van der Waals surface area contributed by atoms with Gasteiger partial charge in [0.15, 0.2) is 5.75 Å². The van der Waals surface area contributed by atoms with Crippen molar-refractivity contribution in [2.75, 3.05) is 52.3 Å². The van der Waals surface area contributed by atoms with Crippen molar-refractivity contribution in [3.63, 3.8) is 0 Å². The standard InChI is InChI=1S/C26H39N3O6S/c1-6-8-13-29(14-9-7-2)23-17-20(26(30)31)18-24(36(32,33)27-3)25(23)35-22-12-10-11-21(19-22)34-16-15-28(4)5/h10-12,17-19,27H,6-9,13-16H2,1-5H3,(H,30,31). The van der Waals surface area contributed by atoms with E-state index in [0.29, 0.717) is 36.9 Å². The van der Waals surface area contributed by atoms with Gasteiger partial charge in [-0.25, -0.2) is 17.9 Å². The van der Waals surface area contributed by atoms with Crippen LogP contribution >= 0.6 is 0 Å². The number of carbonyl (C=O) groups is 1. The molecule has 0 amide bonds. The molecule has 0 unspecified atom stereocenters. The van der Waals surface area contributed by atoms with Crippen LogP contribution in [0.25, 0.3) is 0 Å². The van der Waals surface area contributed by atoms with Gasteiger partial charge in [-0.05, 0) is 58.3 Å². The van der Waals surface area contributed by atoms with E-state index in [9.17, 15) is 18.3 Å². The lowest BCUT2D eigenvalue weighted by atomic mass is 10.1. The van der Waals surface area contributed by atoms with Gasteiger partial charge in [-0.15, -0.1) is 0 Å². The van der Waals surface area contributed by atoms with Gasteiger partial charge in [0, 0.05) is 25.7 Å². The number of carboxylic acid groups (broad SMARTS) is 1. The molecule has 0 bridgehead atoms. The zero-order valence-electron chi connectivity index (χ0n) is 21.9. The van der Waals surface area contributed by atoms with Crippen LogP contribution in [-0.2, 0) is 10.0 Å². The Balaban J connectivity index is 2.64. The normalized spacial score (nSPS) is 11.5. The maximum absolute atomic E-state index is 13.0. The van der Waals surface area contributed by atoms with E-state index in [1.807, 2.05) is 23.9 Å². The fraction of sp³-hybridized carbons (Fsp3) is 0.500. The number of unbranched alkanes of at least 4 members (excludes halogenated alkanes) is 2. The maximum atomic E-state index is 13.0. The minimum absolute atomic E-state index is 0.0898. The Bertz CT molecular complexity index is 1100. The third kappa shape index (κ3) is 8.39. The van der Waals surface area contributed by atoms with E-state index >= 15 is 0 Å². The Morgan fingerprint density at radius 3 is 2.19 bits per heavy atom. The third-order valence-electron chi connectivity index (χ3n) is 5.58. The van der Waals surface area contributed by atoms with Crippen LogP contribution in [0.2, 0.25) is 0 Å². The van der Waals surface area contributed by atoms with Crippen LogP contribution < -0.4 is 19.1 Å². The van der Waals surface area contributed by atoms with Crippen molar-refractivity contribution >= 4 is 21.7 Å². The molecule has 0 atom stereocenters. The third-order valence-corrected chi connectivity index (χ3v) is 7.00. The van der Waals surface area contributed by atoms with E-state index in [4.69, 9.17) is 9.47 Å². The molecule has 0 aliphatic carbocycles. The number of ether oxygens (including phenoxy) is 2. The number of rotatable bonds is 16. The van der Waals surface area contributed by atoms with Crippen LogP contribution in [0.1, 0.15) is 49.9 Å². The number of hydrogen-bond donors (Lipinski definition) is 2. The van der Waals surface area contributed by atoms with E-state index < -0.39 is 16.0 Å². The molecule has 2 rings (SSSR count). The second-order valence-corrected chi connectivity index (χ2v) is 10.6. The highest BCUT2D eigenvalue weighted by Gasteiger charge is 2.27. The van der Waals surface area contributed by atoms with Crippen molar-refractivity contribution in [3.8, 4) is 17.2 Å². The van der Waals surface area contributed by atoms with Gasteiger partial charge in [-0.3, -0.25) is 0 Å². The first kappa shape index (κ1) is 29.4. The molecule has 0 aromatic heterocycles. The SMILES string of the molecule is CCCCN(CCCC)c1cc(C(=O)O)cc(S(=O)(=O)NC)c1Oc1cccc(OCCN(C)C)c1. The number of benzene rings is 2. The summed E-state index contributed by atoms with van der Waals surface area (Å²) in [5, 5.41) is 9.75. The smallest absolute Gasteiger partial charge is 0.335 e. The van der Waals surface area contributed by atoms with Gasteiger partial charge in [0.05, 0.1) is 11.3 Å². The summed E-state index contributed by atoms with van der Waals surface area (Å²) in [4.78, 5) is 15.7. The van der Waals surface area contributed by atoms with Crippen molar-refractivity contribution < 1.29 is 27.8 Å². The molecule has 0 saturated heterocycles. The molecule has 0 aliphatic heterocycles. The van der Waals surface area contributed by atoms with E-state index in [1.165, 1.54) is 13.1 Å². The maximum Gasteiger partial charge on any atom is 0.335 e. The highest BCUT2D eigenvalue weighted by molar-refractivity contribution is 7.89. The fourth-order valence-electron chi connectivity index (χ4n) is 3.50. The first-order valence-corrected chi connectivity index (χ1v) is 13.8. The average Bonchev–Trinajstić information content (AvgIpc) is 2.84. The summed E-state index contributed by atoms with van der Waals surface area (Å²) in [6.07, 6.45) is 3.60. The number of anilines is 1. The minimum Gasteiger partial charge on any atom is -0.492 e. The van der Waals surface area contributed by atoms with Crippen LogP contribution in [0.3, 0.4) is 0 Å². The monoisotopic (exact) mass is 521 g/mol. The Morgan fingerprint density at radius 1 is 1.00 bits per heavy atom. The summed E-state index contributed by atoms with van der Waals surface area (Å²) in [5.74, 6) is -0.144. The quantitative estimate of drug-likeness (QED) is 0.334. The van der Waals surface area contributed by atoms with Crippen LogP contribution in [0.5, 0.6) is 17.2 Å². The van der Waals surface area contributed by atoms with Gasteiger partial charge >= 0.3 is 5.97 Å². The number of nitrogens with zero attached hydrogens (tertiary/aromatic N) is 2. The molecule has 2 N–H and O–H groups in total. The van der Waals surface area contributed by atoms with E-state index in [2.05, 4.69) is 18.6 Å². The van der Waals surface area contributed by atoms with Gasteiger partial charge in [0.2, 0.25) is 10.0 Å². The number of hydrogen-bond acceptors (Lipinski definition) is 7. The molecular formula is C26H39N3O6S. The first-order valence-electron chi connectivity index (χ1n) is 12.3. The highest BCUT2D eigenvalue weighted by atomic mass is 32.2. The molecule has 36 heavy (non-hydrogen) atoms. The molecule has 200 valence electrons. The Morgan fingerprint density at radius 2 is 1.64 bits per heavy atom. The van der Waals surface area contributed by atoms with Gasteiger partial charge in [0.25, 0.3) is 0 Å². The lowest BCUT2D eigenvalue weighted by Crippen LogP contribution is -2.28. The molecule has 0 heterocycles. The Kier molecular flexibility index (Phi) is 11.5. The van der Waals surface area contributed by atoms with Crippen molar-refractivity contribution in [2.45, 2.75) is 44.4 Å². The number of nitrogens with one attached hydrogen (secondary N) is 1. The van der Waals surface area contributed by atoms with Gasteiger partial charge in [0.1, 0.15) is 23.0 Å². The number of carboxylic acids is 1. The molecule has 0 aliphatic rings. The Hall–Kier alpha value is -2.82. The predicted molar refractivity (Wildman–Crippen MR) is 142 cm³/mol. The van der Waals surface area contributed by atoms with E-state index in [-0.39, 0.29) is 16.2 Å². The molecule has 0 saturated carbocycles. The van der Waals surface area contributed by atoms with Crippen LogP contribution in [-0.4, -0.2) is 71.8 Å². The Labute approximate surface area is 215 Å². The van der Waals surface area contributed by atoms with Gasteiger partial charge in [-0.1, -0.05) is 32.8 Å². The fourth-order valence-corrected chi connectivity index (χ4v) is 4.39. The first-order chi connectivity index (χ1) is 17.1. The van der Waals surface area contributed by atoms with Gasteiger partial charge in [-0.2, -0.15) is 0 Å². The second kappa shape index (κ2) is 14.1. The molecule has 0 fully saturated rings. The predicted octanol–water partition coefficient (Wildman–Crippen LogP) is 4.43. The zero-order valence-corrected chi connectivity index (χ0v) is 22.7. The molecule has 0 spiro atoms. The summed E-state index contributed by atoms with van der Waals surface area (Å²) in [7, 11) is 1.16. The van der Waals surface area contributed by atoms with E-state index in [0.717, 1.165) is 38.3 Å². The van der Waals surface area contributed by atoms with Gasteiger partial charge < -0.3 is 24.4 Å². The summed E-state index contributed by atoms with van der Waals surface area (Å²) in [6, 6.07) is 9.62. The molecule has 2 aromatic rings. The number of aromatic carboxylic acids is 1. The number of sulfonamides is 1. The summed E-state index contributed by atoms with van der Waals surface area (Å²) in [5.41, 5.74) is 0.314. The lowest BCUT2D eigenvalue weighted by molar-refractivity contribution is 0.0696. The van der Waals surface area contributed by atoms with E-state index in [1.54, 1.807) is 24.3 Å². The van der Waals surface area contributed by atoms with Crippen molar-refractivity contribution in [2.24, 2.45) is 0 Å². The largest absolute Gasteiger partial charge is 0.492 e. The van der Waals surface area contributed by atoms with Crippen molar-refractivity contribution in [1.82, 2.24) is 9.62 Å². The zero-order chi connectivity index (χ0) is 26.7.